The van der Waals surface area contributed by atoms with Crippen molar-refractivity contribution in [2.75, 3.05) is 0 Å². The Morgan fingerprint density at radius 1 is 1.12 bits per heavy atom. The van der Waals surface area contributed by atoms with Crippen LogP contribution in [-0.4, -0.2) is 4.98 Å². The highest BCUT2D eigenvalue weighted by Crippen LogP contribution is 2.19. The van der Waals surface area contributed by atoms with E-state index in [2.05, 4.69) is 4.98 Å². The van der Waals surface area contributed by atoms with Crippen LogP contribution in [0.2, 0.25) is 0 Å². The number of hydrogen-bond acceptors (Lipinski definition) is 3. The topological polar surface area (TPSA) is 49.9 Å². The van der Waals surface area contributed by atoms with Crippen LogP contribution in [0.4, 0.5) is 0 Å². The van der Waals surface area contributed by atoms with Crippen molar-refractivity contribution in [3.05, 3.63) is 55.8 Å². The first-order valence-corrected chi connectivity index (χ1v) is 6.04. The van der Waals surface area contributed by atoms with E-state index in [1.807, 2.05) is 6.92 Å². The third-order valence-corrected chi connectivity index (χ3v) is 3.78. The lowest BCUT2D eigenvalue weighted by Crippen LogP contribution is -2.00. The maximum Gasteiger partial charge on any atom is 0.257 e. The zero-order chi connectivity index (χ0) is 12.0. The Labute approximate surface area is 100 Å². The summed E-state index contributed by atoms with van der Waals surface area (Å²) in [7, 11) is 0. The average molecular weight is 243 g/mol. The summed E-state index contributed by atoms with van der Waals surface area (Å²) in [5.41, 5.74) is 0.304. The van der Waals surface area contributed by atoms with Crippen LogP contribution in [0.3, 0.4) is 0 Å². The fourth-order valence-electron chi connectivity index (χ4n) is 1.95. The number of benzene rings is 1. The fourth-order valence-corrected chi connectivity index (χ4v) is 2.92. The normalized spacial score (nSPS) is 11.1. The third kappa shape index (κ3) is 1.49. The molecule has 4 heteroatoms. The fraction of sp³-hybridized carbons (Fsp3) is 0.0769. The average Bonchev–Trinajstić information content (AvgIpc) is 2.67. The number of thiophene rings is 1. The van der Waals surface area contributed by atoms with Crippen molar-refractivity contribution in [2.45, 2.75) is 6.92 Å². The first-order valence-electron chi connectivity index (χ1n) is 5.22. The Kier molecular flexibility index (Phi) is 2.12. The summed E-state index contributed by atoms with van der Waals surface area (Å²) in [5, 5.41) is 1.04. The highest BCUT2D eigenvalue weighted by atomic mass is 32.1. The van der Waals surface area contributed by atoms with Gasteiger partial charge in [0.25, 0.3) is 5.56 Å². The molecule has 1 aromatic carbocycles. The molecule has 0 saturated carbocycles. The molecule has 0 atom stereocenters. The van der Waals surface area contributed by atoms with Crippen molar-refractivity contribution in [1.29, 1.82) is 0 Å². The molecule has 0 saturated heterocycles. The lowest BCUT2D eigenvalue weighted by Gasteiger charge is -1.88. The number of aromatic nitrogens is 1. The van der Waals surface area contributed by atoms with Gasteiger partial charge in [0.2, 0.25) is 5.43 Å². The van der Waals surface area contributed by atoms with Gasteiger partial charge in [-0.1, -0.05) is 12.1 Å². The van der Waals surface area contributed by atoms with Crippen molar-refractivity contribution < 1.29 is 0 Å². The Morgan fingerprint density at radius 3 is 2.71 bits per heavy atom. The highest BCUT2D eigenvalue weighted by Gasteiger charge is 2.08. The molecule has 0 unspecified atom stereocenters. The number of fused-ring (bicyclic) bond motifs is 2. The van der Waals surface area contributed by atoms with Crippen LogP contribution in [-0.2, 0) is 0 Å². The van der Waals surface area contributed by atoms with Gasteiger partial charge >= 0.3 is 0 Å². The third-order valence-electron chi connectivity index (χ3n) is 2.73. The van der Waals surface area contributed by atoms with E-state index >= 15 is 0 Å². The Hall–Kier alpha value is -1.94. The minimum atomic E-state index is -0.206. The molecule has 84 valence electrons. The van der Waals surface area contributed by atoms with Crippen molar-refractivity contribution in [3.8, 4) is 0 Å². The molecular formula is C13H9NO2S. The number of para-hydroxylation sites is 1. The van der Waals surface area contributed by atoms with E-state index in [1.54, 1.807) is 30.3 Å². The minimum absolute atomic E-state index is 0.0768. The molecule has 0 fully saturated rings. The molecule has 0 bridgehead atoms. The van der Waals surface area contributed by atoms with Crippen molar-refractivity contribution >= 4 is 32.3 Å². The molecule has 0 radical (unpaired) electrons. The predicted molar refractivity (Wildman–Crippen MR) is 71.0 cm³/mol. The maximum atomic E-state index is 12.3. The second kappa shape index (κ2) is 3.53. The van der Waals surface area contributed by atoms with Gasteiger partial charge in [-0.3, -0.25) is 9.59 Å². The minimum Gasteiger partial charge on any atom is -0.321 e. The molecule has 3 rings (SSSR count). The van der Waals surface area contributed by atoms with Gasteiger partial charge in [0, 0.05) is 10.3 Å². The number of aryl methyl sites for hydroxylation is 1. The van der Waals surface area contributed by atoms with E-state index < -0.39 is 0 Å². The number of aromatic amines is 1. The first-order chi connectivity index (χ1) is 8.16. The van der Waals surface area contributed by atoms with Crippen molar-refractivity contribution in [1.82, 2.24) is 4.98 Å². The van der Waals surface area contributed by atoms with E-state index in [-0.39, 0.29) is 11.0 Å². The summed E-state index contributed by atoms with van der Waals surface area (Å²) >= 11 is 1.37. The molecule has 2 aromatic heterocycles. The van der Waals surface area contributed by atoms with E-state index in [4.69, 9.17) is 0 Å². The van der Waals surface area contributed by atoms with Crippen LogP contribution in [0.15, 0.2) is 39.9 Å². The first kappa shape index (κ1) is 10.2. The van der Waals surface area contributed by atoms with Gasteiger partial charge in [0.15, 0.2) is 0 Å². The van der Waals surface area contributed by atoms with Crippen molar-refractivity contribution in [2.24, 2.45) is 0 Å². The Balaban J connectivity index is 2.76. The Bertz CT molecular complexity index is 845. The molecule has 0 aliphatic heterocycles. The summed E-state index contributed by atoms with van der Waals surface area (Å²) in [6, 6.07) is 8.85. The van der Waals surface area contributed by atoms with Crippen LogP contribution in [0.1, 0.15) is 4.88 Å². The highest BCUT2D eigenvalue weighted by molar-refractivity contribution is 7.19. The van der Waals surface area contributed by atoms with E-state index in [0.29, 0.717) is 21.0 Å². The summed E-state index contributed by atoms with van der Waals surface area (Å²) in [6.07, 6.45) is 0. The van der Waals surface area contributed by atoms with Crippen LogP contribution in [0.25, 0.3) is 21.0 Å². The predicted octanol–water partition coefficient (Wildman–Crippen LogP) is 2.41. The van der Waals surface area contributed by atoms with E-state index in [0.717, 1.165) is 4.88 Å². The SMILES string of the molecule is Cc1cc2c(=O)[nH]c3ccccc3c(=O)c2s1. The number of hydrogen-bond donors (Lipinski definition) is 1. The standard InChI is InChI=1S/C13H9NO2S/c1-7-6-9-12(17-7)11(15)8-4-2-3-5-10(8)14-13(9)16/h2-6H,1H3,(H,14,16). The molecule has 17 heavy (non-hydrogen) atoms. The van der Waals surface area contributed by atoms with Gasteiger partial charge in [-0.15, -0.1) is 11.3 Å². The van der Waals surface area contributed by atoms with E-state index in [1.165, 1.54) is 11.3 Å². The smallest absolute Gasteiger partial charge is 0.257 e. The number of rotatable bonds is 0. The van der Waals surface area contributed by atoms with Crippen LogP contribution < -0.4 is 11.0 Å². The lowest BCUT2D eigenvalue weighted by atomic mass is 10.2. The molecule has 3 nitrogen and oxygen atoms in total. The molecule has 0 amide bonds. The number of nitrogens with one attached hydrogen (secondary N) is 1. The molecule has 2 heterocycles. The molecule has 0 aliphatic carbocycles. The summed E-state index contributed by atoms with van der Waals surface area (Å²) < 4.78 is 0.532. The van der Waals surface area contributed by atoms with Gasteiger partial charge in [0.1, 0.15) is 0 Å². The molecule has 1 N–H and O–H groups in total. The van der Waals surface area contributed by atoms with Gasteiger partial charge in [-0.25, -0.2) is 0 Å². The second-order valence-electron chi connectivity index (χ2n) is 3.93. The van der Waals surface area contributed by atoms with Gasteiger partial charge in [0.05, 0.1) is 15.6 Å². The van der Waals surface area contributed by atoms with Gasteiger partial charge in [-0.05, 0) is 25.1 Å². The van der Waals surface area contributed by atoms with Crippen LogP contribution in [0.5, 0.6) is 0 Å². The monoisotopic (exact) mass is 243 g/mol. The molecule has 0 aliphatic rings. The zero-order valence-corrected chi connectivity index (χ0v) is 9.93. The summed E-state index contributed by atoms with van der Waals surface area (Å²) in [5.74, 6) is 0. The zero-order valence-electron chi connectivity index (χ0n) is 9.11. The van der Waals surface area contributed by atoms with Crippen LogP contribution >= 0.6 is 11.3 Å². The molecular weight excluding hydrogens is 234 g/mol. The summed E-state index contributed by atoms with van der Waals surface area (Å²) in [4.78, 5) is 28.0. The number of H-pyrrole nitrogens is 1. The second-order valence-corrected chi connectivity index (χ2v) is 5.19. The Morgan fingerprint density at radius 2 is 1.88 bits per heavy atom. The van der Waals surface area contributed by atoms with Crippen LogP contribution in [0, 0.1) is 6.92 Å². The van der Waals surface area contributed by atoms with Gasteiger partial charge in [-0.2, -0.15) is 0 Å². The quantitative estimate of drug-likeness (QED) is 0.659. The summed E-state index contributed by atoms with van der Waals surface area (Å²) in [6.45, 7) is 1.89. The molecule has 0 spiro atoms. The van der Waals surface area contributed by atoms with Gasteiger partial charge < -0.3 is 4.98 Å². The van der Waals surface area contributed by atoms with E-state index in [9.17, 15) is 9.59 Å². The largest absolute Gasteiger partial charge is 0.321 e. The lowest BCUT2D eigenvalue weighted by molar-refractivity contribution is 1.36. The maximum absolute atomic E-state index is 12.3. The molecule has 3 aromatic rings. The van der Waals surface area contributed by atoms with Crippen molar-refractivity contribution in [3.63, 3.8) is 0 Å².